The van der Waals surface area contributed by atoms with Crippen molar-refractivity contribution in [3.8, 4) is 11.5 Å². The molecule has 5 rings (SSSR count). The fourth-order valence-electron chi connectivity index (χ4n) is 3.92. The van der Waals surface area contributed by atoms with Gasteiger partial charge in [-0.05, 0) is 31.5 Å². The molecule has 7 heteroatoms. The first-order valence-corrected chi connectivity index (χ1v) is 9.10. The molecule has 4 heterocycles. The van der Waals surface area contributed by atoms with Crippen LogP contribution in [-0.2, 0) is 0 Å². The van der Waals surface area contributed by atoms with Crippen molar-refractivity contribution >= 4 is 11.2 Å². The van der Waals surface area contributed by atoms with E-state index >= 15 is 0 Å². The number of hydrogen-bond donors (Lipinski definition) is 0. The van der Waals surface area contributed by atoms with Gasteiger partial charge in [-0.2, -0.15) is 0 Å². The summed E-state index contributed by atoms with van der Waals surface area (Å²) in [4.78, 5) is 15.4. The minimum atomic E-state index is 0.0607. The Hall–Kier alpha value is -2.67. The minimum Gasteiger partial charge on any atom is -0.486 e. The van der Waals surface area contributed by atoms with Gasteiger partial charge in [0, 0.05) is 19.1 Å². The lowest BCUT2D eigenvalue weighted by atomic mass is 10.0. The summed E-state index contributed by atoms with van der Waals surface area (Å²) in [6.45, 7) is 3.52. The van der Waals surface area contributed by atoms with E-state index in [0.717, 1.165) is 55.1 Å². The fraction of sp³-hybridized carbons (Fsp3) is 0.421. The van der Waals surface area contributed by atoms with Gasteiger partial charge in [-0.3, -0.25) is 4.90 Å². The maximum Gasteiger partial charge on any atom is 0.163 e. The molecule has 7 nitrogen and oxygen atoms in total. The monoisotopic (exact) mass is 351 g/mol. The molecule has 2 aliphatic heterocycles. The van der Waals surface area contributed by atoms with Gasteiger partial charge >= 0.3 is 0 Å². The Bertz CT molecular complexity index is 912. The Labute approximate surface area is 151 Å². The minimum absolute atomic E-state index is 0.0607. The van der Waals surface area contributed by atoms with Crippen molar-refractivity contribution < 1.29 is 9.47 Å². The maximum absolute atomic E-state index is 6.12. The number of fused-ring (bicyclic) bond motifs is 2. The molecule has 0 saturated carbocycles. The van der Waals surface area contributed by atoms with Crippen LogP contribution in [0.5, 0.6) is 11.5 Å². The molecule has 0 radical (unpaired) electrons. The van der Waals surface area contributed by atoms with E-state index in [1.54, 1.807) is 12.5 Å². The Kier molecular flexibility index (Phi) is 3.93. The van der Waals surface area contributed by atoms with Gasteiger partial charge in [0.05, 0.1) is 12.5 Å². The molecule has 2 unspecified atom stereocenters. The largest absolute Gasteiger partial charge is 0.486 e. The smallest absolute Gasteiger partial charge is 0.163 e. The van der Waals surface area contributed by atoms with Gasteiger partial charge in [0.1, 0.15) is 24.6 Å². The molecule has 2 aliphatic rings. The zero-order valence-electron chi connectivity index (χ0n) is 14.5. The third-order valence-electron chi connectivity index (χ3n) is 5.14. The zero-order chi connectivity index (χ0) is 17.3. The highest BCUT2D eigenvalue weighted by molar-refractivity contribution is 5.69. The number of nitrogens with zero attached hydrogens (tertiary/aromatic N) is 5. The molecule has 2 aromatic heterocycles. The summed E-state index contributed by atoms with van der Waals surface area (Å²) in [6, 6.07) is 8.25. The van der Waals surface area contributed by atoms with Crippen LogP contribution in [0.3, 0.4) is 0 Å². The van der Waals surface area contributed by atoms with Gasteiger partial charge < -0.3 is 14.0 Å². The number of aromatic nitrogens is 4. The van der Waals surface area contributed by atoms with Crippen LogP contribution in [0.2, 0.25) is 0 Å². The molecule has 3 aromatic rings. The van der Waals surface area contributed by atoms with Crippen LogP contribution in [0.1, 0.15) is 18.9 Å². The molecular weight excluding hydrogens is 330 g/mol. The normalized spacial score (nSPS) is 23.2. The predicted octanol–water partition coefficient (Wildman–Crippen LogP) is 2.30. The Morgan fingerprint density at radius 1 is 1.15 bits per heavy atom. The van der Waals surface area contributed by atoms with Crippen molar-refractivity contribution in [2.24, 2.45) is 0 Å². The van der Waals surface area contributed by atoms with E-state index in [4.69, 9.17) is 9.47 Å². The second kappa shape index (κ2) is 6.57. The molecule has 134 valence electrons. The van der Waals surface area contributed by atoms with E-state index in [1.807, 2.05) is 30.6 Å². The summed E-state index contributed by atoms with van der Waals surface area (Å²) in [6.07, 6.45) is 7.60. The topological polar surface area (TPSA) is 65.3 Å². The summed E-state index contributed by atoms with van der Waals surface area (Å²) in [5, 5.41) is 0. The molecule has 1 aromatic carbocycles. The van der Waals surface area contributed by atoms with Crippen LogP contribution >= 0.6 is 0 Å². The maximum atomic E-state index is 6.12. The highest BCUT2D eigenvalue weighted by Crippen LogP contribution is 2.32. The summed E-state index contributed by atoms with van der Waals surface area (Å²) < 4.78 is 14.2. The molecular formula is C19H21N5O2. The molecule has 0 amide bonds. The van der Waals surface area contributed by atoms with Crippen LogP contribution < -0.4 is 9.47 Å². The van der Waals surface area contributed by atoms with Crippen LogP contribution in [0.25, 0.3) is 11.2 Å². The SMILES string of the molecule is c1ccc2c(c1)OCC(CN1CCCC(n3cnc4cncnc43)C1)O2. The molecule has 1 saturated heterocycles. The van der Waals surface area contributed by atoms with Gasteiger partial charge in [-0.1, -0.05) is 12.1 Å². The second-order valence-corrected chi connectivity index (χ2v) is 6.94. The molecule has 0 bridgehead atoms. The van der Waals surface area contributed by atoms with Crippen molar-refractivity contribution in [1.29, 1.82) is 0 Å². The Morgan fingerprint density at radius 2 is 2.08 bits per heavy atom. The van der Waals surface area contributed by atoms with Crippen LogP contribution in [0.15, 0.2) is 43.1 Å². The number of benzene rings is 1. The van der Waals surface area contributed by atoms with Crippen LogP contribution in [0.4, 0.5) is 0 Å². The van der Waals surface area contributed by atoms with E-state index in [-0.39, 0.29) is 6.10 Å². The summed E-state index contributed by atoms with van der Waals surface area (Å²) >= 11 is 0. The lowest BCUT2D eigenvalue weighted by Crippen LogP contribution is -2.45. The first-order valence-electron chi connectivity index (χ1n) is 9.10. The summed E-state index contributed by atoms with van der Waals surface area (Å²) in [7, 11) is 0. The zero-order valence-corrected chi connectivity index (χ0v) is 14.5. The third kappa shape index (κ3) is 2.88. The Morgan fingerprint density at radius 3 is 3.04 bits per heavy atom. The number of likely N-dealkylation sites (tertiary alicyclic amines) is 1. The lowest BCUT2D eigenvalue weighted by Gasteiger charge is -2.36. The molecule has 0 aliphatic carbocycles. The standard InChI is InChI=1S/C19H21N5O2/c1-2-6-18-17(5-1)25-11-15(26-18)10-23-7-3-4-14(9-23)24-13-22-16-8-20-12-21-19(16)24/h1-2,5-6,8,12-15H,3-4,7,9-11H2. The highest BCUT2D eigenvalue weighted by atomic mass is 16.6. The number of hydrogen-bond acceptors (Lipinski definition) is 6. The van der Waals surface area contributed by atoms with E-state index in [9.17, 15) is 0 Å². The van der Waals surface area contributed by atoms with Crippen LogP contribution in [-0.4, -0.2) is 56.8 Å². The van der Waals surface area contributed by atoms with E-state index in [0.29, 0.717) is 12.6 Å². The van der Waals surface area contributed by atoms with E-state index in [2.05, 4.69) is 24.4 Å². The first-order chi connectivity index (χ1) is 12.9. The van der Waals surface area contributed by atoms with Gasteiger partial charge in [0.2, 0.25) is 0 Å². The number of piperidine rings is 1. The van der Waals surface area contributed by atoms with Crippen molar-refractivity contribution in [3.05, 3.63) is 43.1 Å². The number of para-hydroxylation sites is 2. The molecule has 0 N–H and O–H groups in total. The number of ether oxygens (including phenoxy) is 2. The van der Waals surface area contributed by atoms with Gasteiger partial charge in [-0.25, -0.2) is 15.0 Å². The van der Waals surface area contributed by atoms with Crippen molar-refractivity contribution in [3.63, 3.8) is 0 Å². The van der Waals surface area contributed by atoms with Gasteiger partial charge in [0.25, 0.3) is 0 Å². The quantitative estimate of drug-likeness (QED) is 0.721. The predicted molar refractivity (Wildman–Crippen MR) is 96.4 cm³/mol. The van der Waals surface area contributed by atoms with Crippen molar-refractivity contribution in [1.82, 2.24) is 24.4 Å². The highest BCUT2D eigenvalue weighted by Gasteiger charge is 2.28. The number of imidazole rings is 1. The van der Waals surface area contributed by atoms with E-state index < -0.39 is 0 Å². The fourth-order valence-corrected chi connectivity index (χ4v) is 3.92. The van der Waals surface area contributed by atoms with Crippen molar-refractivity contribution in [2.75, 3.05) is 26.2 Å². The van der Waals surface area contributed by atoms with Crippen molar-refractivity contribution in [2.45, 2.75) is 25.0 Å². The third-order valence-corrected chi connectivity index (χ3v) is 5.14. The summed E-state index contributed by atoms with van der Waals surface area (Å²) in [5.74, 6) is 1.68. The average Bonchev–Trinajstić information content (AvgIpc) is 3.12. The molecule has 1 fully saturated rings. The van der Waals surface area contributed by atoms with Gasteiger partial charge in [0.15, 0.2) is 17.1 Å². The molecule has 2 atom stereocenters. The summed E-state index contributed by atoms with van der Waals surface area (Å²) in [5.41, 5.74) is 1.77. The van der Waals surface area contributed by atoms with Crippen LogP contribution in [0, 0.1) is 0 Å². The second-order valence-electron chi connectivity index (χ2n) is 6.94. The molecule has 0 spiro atoms. The lowest BCUT2D eigenvalue weighted by molar-refractivity contribution is 0.0464. The Balaban J connectivity index is 1.28. The molecule has 26 heavy (non-hydrogen) atoms. The average molecular weight is 351 g/mol. The van der Waals surface area contributed by atoms with Gasteiger partial charge in [-0.15, -0.1) is 0 Å². The first kappa shape index (κ1) is 15.6. The number of rotatable bonds is 3. The van der Waals surface area contributed by atoms with E-state index in [1.165, 1.54) is 0 Å².